The average Bonchev–Trinajstić information content (AvgIpc) is 2.59. The molecule has 2 aromatic carbocycles. The number of carbonyl (C=O) groups excluding carboxylic acids is 1. The Morgan fingerprint density at radius 2 is 1.80 bits per heavy atom. The predicted octanol–water partition coefficient (Wildman–Crippen LogP) is 3.09. The van der Waals surface area contributed by atoms with E-state index in [4.69, 9.17) is 4.84 Å². The van der Waals surface area contributed by atoms with E-state index in [0.717, 1.165) is 5.56 Å². The van der Waals surface area contributed by atoms with Gasteiger partial charge in [0.1, 0.15) is 11.6 Å². The molecule has 0 radical (unpaired) electrons. The molecule has 5 nitrogen and oxygen atoms in total. The molecule has 0 atom stereocenters. The van der Waals surface area contributed by atoms with Crippen LogP contribution in [0.3, 0.4) is 0 Å². The number of halogens is 3. The van der Waals surface area contributed by atoms with Crippen molar-refractivity contribution in [3.8, 4) is 5.75 Å². The van der Waals surface area contributed by atoms with Crippen molar-refractivity contribution in [2.24, 2.45) is 5.16 Å². The van der Waals surface area contributed by atoms with Gasteiger partial charge in [0.2, 0.25) is 0 Å². The molecule has 0 saturated carbocycles. The summed E-state index contributed by atoms with van der Waals surface area (Å²) in [4.78, 5) is 16.4. The Hall–Kier alpha value is -3.03. The number of oxime groups is 1. The molecule has 8 heteroatoms. The maximum Gasteiger partial charge on any atom is 0.387 e. The summed E-state index contributed by atoms with van der Waals surface area (Å²) in [5.41, 5.74) is 1.35. The van der Waals surface area contributed by atoms with Crippen molar-refractivity contribution in [3.05, 3.63) is 65.5 Å². The quantitative estimate of drug-likeness (QED) is 0.587. The van der Waals surface area contributed by atoms with Crippen LogP contribution in [0.15, 0.2) is 53.7 Å². The minimum atomic E-state index is -2.88. The van der Waals surface area contributed by atoms with E-state index in [1.165, 1.54) is 42.6 Å². The summed E-state index contributed by atoms with van der Waals surface area (Å²) >= 11 is 0. The van der Waals surface area contributed by atoms with Gasteiger partial charge in [-0.3, -0.25) is 4.79 Å². The fraction of sp³-hybridized carbons (Fsp3) is 0.176. The highest BCUT2D eigenvalue weighted by Crippen LogP contribution is 2.13. The molecule has 0 bridgehead atoms. The number of nitrogens with one attached hydrogen (secondary N) is 1. The lowest BCUT2D eigenvalue weighted by Crippen LogP contribution is -2.26. The lowest BCUT2D eigenvalue weighted by Gasteiger charge is -2.05. The van der Waals surface area contributed by atoms with Crippen LogP contribution in [0.4, 0.5) is 13.2 Å². The molecule has 0 fully saturated rings. The Bertz CT molecular complexity index is 704. The molecule has 0 unspecified atom stereocenters. The lowest BCUT2D eigenvalue weighted by molar-refractivity contribution is -0.125. The number of rotatable bonds is 8. The maximum atomic E-state index is 12.7. The molecule has 0 aromatic heterocycles. The highest BCUT2D eigenvalue weighted by molar-refractivity contribution is 5.80. The Balaban J connectivity index is 1.69. The van der Waals surface area contributed by atoms with E-state index < -0.39 is 6.61 Å². The SMILES string of the molecule is O=C(CON=Cc1ccc(OC(F)F)cc1)NCc1ccc(F)cc1. The average molecular weight is 352 g/mol. The summed E-state index contributed by atoms with van der Waals surface area (Å²) in [6.45, 7) is -2.92. The van der Waals surface area contributed by atoms with Crippen LogP contribution in [-0.2, 0) is 16.2 Å². The highest BCUT2D eigenvalue weighted by Gasteiger charge is 2.03. The summed E-state index contributed by atoms with van der Waals surface area (Å²) in [7, 11) is 0. The number of amides is 1. The first-order valence-corrected chi connectivity index (χ1v) is 7.24. The topological polar surface area (TPSA) is 59.9 Å². The second-order valence-corrected chi connectivity index (χ2v) is 4.86. The van der Waals surface area contributed by atoms with Gasteiger partial charge in [0.15, 0.2) is 6.61 Å². The van der Waals surface area contributed by atoms with Crippen molar-refractivity contribution >= 4 is 12.1 Å². The zero-order valence-corrected chi connectivity index (χ0v) is 13.0. The molecule has 2 rings (SSSR count). The third kappa shape index (κ3) is 6.94. The van der Waals surface area contributed by atoms with Gasteiger partial charge in [0.05, 0.1) is 6.21 Å². The number of hydrogen-bond donors (Lipinski definition) is 1. The fourth-order valence-electron chi connectivity index (χ4n) is 1.78. The van der Waals surface area contributed by atoms with E-state index in [9.17, 15) is 18.0 Å². The van der Waals surface area contributed by atoms with Crippen LogP contribution in [0.2, 0.25) is 0 Å². The third-order valence-corrected chi connectivity index (χ3v) is 2.98. The molecular formula is C17H15F3N2O3. The number of benzene rings is 2. The van der Waals surface area contributed by atoms with E-state index in [1.807, 2.05) is 0 Å². The van der Waals surface area contributed by atoms with Gasteiger partial charge in [-0.2, -0.15) is 8.78 Å². The van der Waals surface area contributed by atoms with E-state index >= 15 is 0 Å². The summed E-state index contributed by atoms with van der Waals surface area (Å²) < 4.78 is 41.0. The van der Waals surface area contributed by atoms with Gasteiger partial charge >= 0.3 is 6.61 Å². The van der Waals surface area contributed by atoms with Crippen molar-refractivity contribution in [2.45, 2.75) is 13.2 Å². The molecule has 0 heterocycles. The van der Waals surface area contributed by atoms with E-state index in [0.29, 0.717) is 5.56 Å². The maximum absolute atomic E-state index is 12.7. The van der Waals surface area contributed by atoms with Crippen molar-refractivity contribution in [2.75, 3.05) is 6.61 Å². The van der Waals surface area contributed by atoms with Crippen molar-refractivity contribution in [1.82, 2.24) is 5.32 Å². The first kappa shape index (κ1) is 18.3. The highest BCUT2D eigenvalue weighted by atomic mass is 19.3. The van der Waals surface area contributed by atoms with E-state index in [1.54, 1.807) is 12.1 Å². The van der Waals surface area contributed by atoms with Crippen LogP contribution in [0.1, 0.15) is 11.1 Å². The largest absolute Gasteiger partial charge is 0.435 e. The van der Waals surface area contributed by atoms with Gasteiger partial charge in [0.25, 0.3) is 5.91 Å². The number of alkyl halides is 2. The molecule has 0 aliphatic carbocycles. The first-order chi connectivity index (χ1) is 12.0. The van der Waals surface area contributed by atoms with Gasteiger partial charge in [-0.25, -0.2) is 4.39 Å². The third-order valence-electron chi connectivity index (χ3n) is 2.98. The first-order valence-electron chi connectivity index (χ1n) is 7.24. The zero-order valence-electron chi connectivity index (χ0n) is 13.0. The number of nitrogens with zero attached hydrogens (tertiary/aromatic N) is 1. The molecule has 0 spiro atoms. The van der Waals surface area contributed by atoms with Crippen molar-refractivity contribution < 1.29 is 27.5 Å². The van der Waals surface area contributed by atoms with Crippen LogP contribution >= 0.6 is 0 Å². The molecule has 2 aromatic rings. The van der Waals surface area contributed by atoms with E-state index in [2.05, 4.69) is 15.2 Å². The Morgan fingerprint density at radius 1 is 1.12 bits per heavy atom. The summed E-state index contributed by atoms with van der Waals surface area (Å²) in [6, 6.07) is 11.5. The summed E-state index contributed by atoms with van der Waals surface area (Å²) in [5, 5.41) is 6.21. The Kier molecular flexibility index (Phi) is 6.82. The monoisotopic (exact) mass is 352 g/mol. The van der Waals surface area contributed by atoms with E-state index in [-0.39, 0.29) is 30.6 Å². The molecular weight excluding hydrogens is 337 g/mol. The fourth-order valence-corrected chi connectivity index (χ4v) is 1.78. The van der Waals surface area contributed by atoms with Crippen molar-refractivity contribution in [1.29, 1.82) is 0 Å². The number of ether oxygens (including phenoxy) is 1. The number of carbonyl (C=O) groups is 1. The lowest BCUT2D eigenvalue weighted by atomic mass is 10.2. The zero-order chi connectivity index (χ0) is 18.1. The van der Waals surface area contributed by atoms with Gasteiger partial charge in [0, 0.05) is 6.54 Å². The smallest absolute Gasteiger partial charge is 0.387 e. The molecule has 1 amide bonds. The Morgan fingerprint density at radius 3 is 2.44 bits per heavy atom. The molecule has 25 heavy (non-hydrogen) atoms. The number of hydrogen-bond acceptors (Lipinski definition) is 4. The van der Waals surface area contributed by atoms with Crippen LogP contribution in [0.25, 0.3) is 0 Å². The van der Waals surface area contributed by atoms with Gasteiger partial charge in [-0.05, 0) is 47.5 Å². The van der Waals surface area contributed by atoms with Crippen molar-refractivity contribution in [3.63, 3.8) is 0 Å². The normalized spacial score (nSPS) is 10.9. The molecule has 0 saturated heterocycles. The summed E-state index contributed by atoms with van der Waals surface area (Å²) in [5.74, 6) is -0.697. The molecule has 0 aliphatic rings. The standard InChI is InChI=1S/C17H15F3N2O3/c18-14-5-1-12(2-6-14)9-21-16(23)11-24-22-10-13-3-7-15(8-4-13)25-17(19)20/h1-8,10,17H,9,11H2,(H,21,23). The molecule has 1 N–H and O–H groups in total. The molecule has 132 valence electrons. The van der Waals surface area contributed by atoms with Crippen LogP contribution in [0.5, 0.6) is 5.75 Å². The Labute approximate surface area is 142 Å². The van der Waals surface area contributed by atoms with Crippen LogP contribution in [-0.4, -0.2) is 25.3 Å². The van der Waals surface area contributed by atoms with Gasteiger partial charge < -0.3 is 14.9 Å². The van der Waals surface area contributed by atoms with Crippen LogP contribution < -0.4 is 10.1 Å². The second kappa shape index (κ2) is 9.31. The van der Waals surface area contributed by atoms with Gasteiger partial charge in [-0.1, -0.05) is 17.3 Å². The molecule has 0 aliphatic heterocycles. The minimum absolute atomic E-state index is 0.0354. The second-order valence-electron chi connectivity index (χ2n) is 4.86. The minimum Gasteiger partial charge on any atom is -0.435 e. The summed E-state index contributed by atoms with van der Waals surface area (Å²) in [6.07, 6.45) is 1.33. The van der Waals surface area contributed by atoms with Crippen LogP contribution in [0, 0.1) is 5.82 Å². The van der Waals surface area contributed by atoms with Gasteiger partial charge in [-0.15, -0.1) is 0 Å². The predicted molar refractivity (Wildman–Crippen MR) is 84.9 cm³/mol.